The Morgan fingerprint density at radius 2 is 1.41 bits per heavy atom. The van der Waals surface area contributed by atoms with Crippen molar-refractivity contribution in [1.29, 1.82) is 0 Å². The smallest absolute Gasteiger partial charge is 0.330 e. The number of H-pyrrole nitrogens is 1. The second-order valence-electron chi connectivity index (χ2n) is 14.0. The highest BCUT2D eigenvalue weighted by Crippen LogP contribution is 2.58. The van der Waals surface area contributed by atoms with Crippen molar-refractivity contribution in [2.24, 2.45) is 0 Å². The number of carbonyl (C=O) groups is 1. The normalized spacial score (nSPS) is 18.9. The Hall–Kier alpha value is -4.20. The van der Waals surface area contributed by atoms with Crippen LogP contribution in [0.2, 0.25) is 0 Å². The number of rotatable bonds is 17. The molecule has 1 unspecified atom stereocenters. The van der Waals surface area contributed by atoms with Crippen LogP contribution in [0, 0.1) is 6.92 Å². The van der Waals surface area contributed by atoms with E-state index in [1.807, 2.05) is 109 Å². The number of aryl methyl sites for hydroxylation is 1. The maximum Gasteiger partial charge on any atom is 0.330 e. The van der Waals surface area contributed by atoms with E-state index in [1.54, 1.807) is 38.7 Å². The molecule has 2 saturated heterocycles. The number of nitrogens with zero attached hydrogens (tertiary/aromatic N) is 2. The van der Waals surface area contributed by atoms with Gasteiger partial charge in [-0.1, -0.05) is 108 Å². The fraction of sp³-hybridized carbons (Fsp3) is 0.341. The molecule has 0 spiro atoms. The Kier molecular flexibility index (Phi) is 14.2. The molecule has 304 valence electrons. The average molecular weight is 842 g/mol. The minimum absolute atomic E-state index is 0.0501. The Morgan fingerprint density at radius 3 is 2.02 bits per heavy atom. The molecule has 14 heteroatoms. The molecule has 2 fully saturated rings. The molecule has 2 aliphatic heterocycles. The highest BCUT2D eigenvalue weighted by Gasteiger charge is 2.44. The first-order valence-corrected chi connectivity index (χ1v) is 23.1. The molecule has 1 N–H and O–H groups in total. The van der Waals surface area contributed by atoms with Crippen LogP contribution in [0.15, 0.2) is 125 Å². The molecule has 5 aromatic rings. The van der Waals surface area contributed by atoms with E-state index in [0.717, 1.165) is 42.6 Å². The van der Waals surface area contributed by atoms with Gasteiger partial charge in [0.25, 0.3) is 5.56 Å². The molecule has 0 saturated carbocycles. The van der Waals surface area contributed by atoms with Crippen LogP contribution in [-0.2, 0) is 19.6 Å². The summed E-state index contributed by atoms with van der Waals surface area (Å²) in [6.07, 6.45) is 2.28. The van der Waals surface area contributed by atoms with Gasteiger partial charge in [0.15, 0.2) is 7.50 Å². The van der Waals surface area contributed by atoms with Crippen molar-refractivity contribution in [3.8, 4) is 11.5 Å². The van der Waals surface area contributed by atoms with Crippen molar-refractivity contribution in [1.82, 2.24) is 14.2 Å². The molecule has 0 aliphatic carbocycles. The standard InChI is InChI=1S/C44H48N3O8PS2/c1-31-29-47(43(50)45-41(31)48)40-28-38(55-56(46-24-10-11-25-46)58-27-26-57-42(49)32-12-6-4-7-13-32)39(54-40)30-53-44(33-14-8-5-9-15-33,34-16-20-36(51-2)21-17-34)35-18-22-37(52-3)23-19-35/h4-9,12-23,29,38-40H,10-11,24-28,30H2,1-3H3,(H,45,48,50)/t38-,39+,40+,56?/m0/s1. The number of methoxy groups -OCH3 is 2. The molecule has 0 amide bonds. The van der Waals surface area contributed by atoms with Gasteiger partial charge in [0.2, 0.25) is 5.12 Å². The Morgan fingerprint density at radius 1 is 0.828 bits per heavy atom. The quantitative estimate of drug-likeness (QED) is 0.0555. The summed E-state index contributed by atoms with van der Waals surface area (Å²) in [5, 5.41) is 0.0501. The van der Waals surface area contributed by atoms with E-state index >= 15 is 0 Å². The number of thioether (sulfide) groups is 1. The van der Waals surface area contributed by atoms with Gasteiger partial charge in [-0.25, -0.2) is 4.79 Å². The van der Waals surface area contributed by atoms with Crippen LogP contribution in [0.25, 0.3) is 0 Å². The summed E-state index contributed by atoms with van der Waals surface area (Å²) in [6.45, 7) is 3.59. The van der Waals surface area contributed by atoms with Gasteiger partial charge in [-0.15, -0.1) is 0 Å². The molecule has 2 aliphatic rings. The summed E-state index contributed by atoms with van der Waals surface area (Å²) >= 11 is 3.05. The van der Waals surface area contributed by atoms with E-state index in [1.165, 1.54) is 16.3 Å². The van der Waals surface area contributed by atoms with Crippen molar-refractivity contribution in [2.75, 3.05) is 45.4 Å². The van der Waals surface area contributed by atoms with Crippen molar-refractivity contribution in [2.45, 2.75) is 50.2 Å². The predicted molar refractivity (Wildman–Crippen MR) is 231 cm³/mol. The second-order valence-corrected chi connectivity index (χ2v) is 18.7. The second kappa shape index (κ2) is 19.7. The zero-order valence-electron chi connectivity index (χ0n) is 32.8. The first-order valence-electron chi connectivity index (χ1n) is 19.3. The summed E-state index contributed by atoms with van der Waals surface area (Å²) in [6, 6.07) is 35.1. The molecule has 4 aromatic carbocycles. The van der Waals surface area contributed by atoms with E-state index in [4.69, 9.17) is 23.5 Å². The van der Waals surface area contributed by atoms with E-state index in [0.29, 0.717) is 40.6 Å². The zero-order valence-corrected chi connectivity index (χ0v) is 35.3. The topological polar surface area (TPSA) is 121 Å². The number of aromatic nitrogens is 2. The lowest BCUT2D eigenvalue weighted by atomic mass is 9.80. The number of nitrogens with one attached hydrogen (secondary N) is 1. The lowest BCUT2D eigenvalue weighted by Gasteiger charge is -2.37. The molecule has 0 radical (unpaired) electrons. The molecular formula is C44H48N3O8PS2. The van der Waals surface area contributed by atoms with E-state index in [2.05, 4.69) is 9.65 Å². The third-order valence-electron chi connectivity index (χ3n) is 10.3. The molecule has 0 bridgehead atoms. The largest absolute Gasteiger partial charge is 0.497 e. The first-order chi connectivity index (χ1) is 28.3. The van der Waals surface area contributed by atoms with Gasteiger partial charge in [0.1, 0.15) is 29.4 Å². The summed E-state index contributed by atoms with van der Waals surface area (Å²) in [4.78, 5) is 40.9. The van der Waals surface area contributed by atoms with Gasteiger partial charge < -0.3 is 23.5 Å². The minimum Gasteiger partial charge on any atom is -0.497 e. The highest BCUT2D eigenvalue weighted by atomic mass is 32.7. The number of hydrogen-bond donors (Lipinski definition) is 1. The van der Waals surface area contributed by atoms with E-state index in [9.17, 15) is 14.4 Å². The summed E-state index contributed by atoms with van der Waals surface area (Å²) in [5.74, 6) is 2.79. The fourth-order valence-electron chi connectivity index (χ4n) is 7.28. The van der Waals surface area contributed by atoms with Crippen LogP contribution in [0.3, 0.4) is 0 Å². The number of benzene rings is 4. The van der Waals surface area contributed by atoms with Crippen LogP contribution >= 0.6 is 30.6 Å². The van der Waals surface area contributed by atoms with Gasteiger partial charge >= 0.3 is 5.69 Å². The van der Waals surface area contributed by atoms with Gasteiger partial charge in [0, 0.05) is 48.3 Å². The molecule has 11 nitrogen and oxygen atoms in total. The number of ether oxygens (including phenoxy) is 4. The van der Waals surface area contributed by atoms with Crippen molar-refractivity contribution >= 4 is 35.8 Å². The van der Waals surface area contributed by atoms with Crippen molar-refractivity contribution in [3.05, 3.63) is 164 Å². The van der Waals surface area contributed by atoms with Crippen molar-refractivity contribution < 1.29 is 28.3 Å². The van der Waals surface area contributed by atoms with Crippen molar-refractivity contribution in [3.63, 3.8) is 0 Å². The molecule has 4 atom stereocenters. The van der Waals surface area contributed by atoms with Gasteiger partial charge in [-0.05, 0) is 60.7 Å². The van der Waals surface area contributed by atoms with E-state index in [-0.39, 0.29) is 11.7 Å². The van der Waals surface area contributed by atoms with Gasteiger partial charge in [-0.3, -0.25) is 23.8 Å². The monoisotopic (exact) mass is 841 g/mol. The van der Waals surface area contributed by atoms with E-state index < -0.39 is 42.8 Å². The third-order valence-corrected chi connectivity index (χ3v) is 15.6. The van der Waals surface area contributed by atoms with Crippen LogP contribution in [-0.4, -0.2) is 77.0 Å². The molecular weight excluding hydrogens is 794 g/mol. The first kappa shape index (κ1) is 41.9. The average Bonchev–Trinajstić information content (AvgIpc) is 3.95. The van der Waals surface area contributed by atoms with Gasteiger partial charge in [0.05, 0.1) is 26.9 Å². The lowest BCUT2D eigenvalue weighted by Crippen LogP contribution is -2.38. The molecule has 7 rings (SSSR count). The number of hydrogen-bond acceptors (Lipinski definition) is 11. The van der Waals surface area contributed by atoms with Crippen LogP contribution < -0.4 is 20.7 Å². The summed E-state index contributed by atoms with van der Waals surface area (Å²) < 4.78 is 36.1. The maximum absolute atomic E-state index is 13.2. The molecule has 1 aromatic heterocycles. The van der Waals surface area contributed by atoms with Crippen LogP contribution in [0.1, 0.15) is 58.1 Å². The van der Waals surface area contributed by atoms with Crippen LogP contribution in [0.5, 0.6) is 11.5 Å². The molecule has 3 heterocycles. The maximum atomic E-state index is 13.2. The van der Waals surface area contributed by atoms with Gasteiger partial charge in [-0.2, -0.15) is 0 Å². The number of aromatic amines is 1. The molecule has 58 heavy (non-hydrogen) atoms. The number of carbonyl (C=O) groups excluding carboxylic acids is 1. The predicted octanol–water partition coefficient (Wildman–Crippen LogP) is 8.17. The summed E-state index contributed by atoms with van der Waals surface area (Å²) in [5.41, 5.74) is 1.67. The Balaban J connectivity index is 1.21. The highest BCUT2D eigenvalue weighted by molar-refractivity contribution is 8.53. The zero-order chi connectivity index (χ0) is 40.5. The third kappa shape index (κ3) is 9.63. The van der Waals surface area contributed by atoms with Crippen LogP contribution in [0.4, 0.5) is 0 Å². The fourth-order valence-corrected chi connectivity index (χ4v) is 12.6. The SMILES string of the molecule is COc1ccc(C(OC[C@H]2O[C@@H](n3cc(C)c(=O)[nH]c3=O)C[C@@H]2OP(SCCSC(=O)c2ccccc2)N2CCCC2)(c2ccccc2)c2ccc(OC)cc2)cc1. The Labute approximate surface area is 348 Å². The Bertz CT molecular complexity index is 2170. The lowest BCUT2D eigenvalue weighted by molar-refractivity contribution is -0.0910. The minimum atomic E-state index is -1.16. The summed E-state index contributed by atoms with van der Waals surface area (Å²) in [7, 11) is 2.12.